The fourth-order valence-electron chi connectivity index (χ4n) is 5.21. The maximum absolute atomic E-state index is 14.6. The number of hydrogen-bond donors (Lipinski definition) is 1. The molecule has 47 heavy (non-hydrogen) atoms. The number of carbonyl (C=O) groups is 2. The van der Waals surface area contributed by atoms with Gasteiger partial charge in [0.05, 0.1) is 22.7 Å². The minimum absolute atomic E-state index is 0.0199. The molecule has 1 N–H and O–H groups in total. The molecule has 0 spiro atoms. The maximum atomic E-state index is 14.6. The highest BCUT2D eigenvalue weighted by atomic mass is 35.5. The van der Waals surface area contributed by atoms with Crippen molar-refractivity contribution in [2.24, 2.45) is 0 Å². The number of benzene rings is 4. The topological polar surface area (TPSA) is 96.0 Å². The fraction of sp³-hybridized carbons (Fsp3) is 0.297. The number of amides is 2. The molecule has 1 unspecified atom stereocenters. The van der Waals surface area contributed by atoms with Crippen molar-refractivity contribution in [1.29, 1.82) is 0 Å². The molecule has 4 aromatic rings. The van der Waals surface area contributed by atoms with Crippen LogP contribution in [0.4, 0.5) is 5.69 Å². The molecule has 10 heteroatoms. The molecular weight excluding hydrogens is 634 g/mol. The van der Waals surface area contributed by atoms with Gasteiger partial charge >= 0.3 is 0 Å². The number of nitrogens with one attached hydrogen (secondary N) is 1. The Morgan fingerprint density at radius 1 is 0.915 bits per heavy atom. The van der Waals surface area contributed by atoms with Gasteiger partial charge in [0.2, 0.25) is 11.8 Å². The lowest BCUT2D eigenvalue weighted by Gasteiger charge is -2.34. The first-order valence-electron chi connectivity index (χ1n) is 15.6. The third kappa shape index (κ3) is 9.14. The van der Waals surface area contributed by atoms with Crippen molar-refractivity contribution in [3.63, 3.8) is 0 Å². The van der Waals surface area contributed by atoms with Gasteiger partial charge in [0, 0.05) is 19.5 Å². The average Bonchev–Trinajstić information content (AvgIpc) is 3.06. The van der Waals surface area contributed by atoms with E-state index in [1.54, 1.807) is 24.3 Å². The van der Waals surface area contributed by atoms with Crippen LogP contribution in [0.2, 0.25) is 5.02 Å². The molecule has 0 bridgehead atoms. The monoisotopic (exact) mass is 675 g/mol. The molecular formula is C37H42ClN3O5S. The zero-order valence-corrected chi connectivity index (χ0v) is 28.9. The molecule has 0 heterocycles. The molecule has 0 aliphatic rings. The largest absolute Gasteiger partial charge is 0.495 e. The molecule has 2 amide bonds. The van der Waals surface area contributed by atoms with E-state index in [0.29, 0.717) is 12.3 Å². The fourth-order valence-corrected chi connectivity index (χ4v) is 6.87. The van der Waals surface area contributed by atoms with E-state index >= 15 is 0 Å². The van der Waals surface area contributed by atoms with Crippen molar-refractivity contribution in [3.05, 3.63) is 124 Å². The van der Waals surface area contributed by atoms with Crippen LogP contribution in [-0.4, -0.2) is 51.4 Å². The smallest absolute Gasteiger partial charge is 0.264 e. The number of carbonyl (C=O) groups excluding carboxylic acids is 2. The molecule has 0 aromatic heterocycles. The van der Waals surface area contributed by atoms with Crippen LogP contribution in [0.25, 0.3) is 0 Å². The van der Waals surface area contributed by atoms with Gasteiger partial charge in [-0.1, -0.05) is 97.2 Å². The summed E-state index contributed by atoms with van der Waals surface area (Å²) in [6.45, 7) is 5.84. The van der Waals surface area contributed by atoms with E-state index in [-0.39, 0.29) is 34.5 Å². The minimum Gasteiger partial charge on any atom is -0.495 e. The summed E-state index contributed by atoms with van der Waals surface area (Å²) in [7, 11) is -2.79. The van der Waals surface area contributed by atoms with Gasteiger partial charge in [-0.2, -0.15) is 0 Å². The SMILES string of the molecule is CCCCNC(=O)C(Cc1ccccc1)N(Cc1ccccc1C)C(=O)CN(c1ccc(OC)c(Cl)c1)S(=O)(=O)c1ccc(C)cc1. The third-order valence-electron chi connectivity index (χ3n) is 8.01. The lowest BCUT2D eigenvalue weighted by atomic mass is 10.0. The summed E-state index contributed by atoms with van der Waals surface area (Å²) in [5, 5.41) is 3.20. The zero-order valence-electron chi connectivity index (χ0n) is 27.3. The number of hydrogen-bond acceptors (Lipinski definition) is 5. The first-order chi connectivity index (χ1) is 22.5. The molecule has 4 rings (SSSR count). The Labute approximate surface area is 283 Å². The van der Waals surface area contributed by atoms with Gasteiger partial charge in [-0.3, -0.25) is 13.9 Å². The van der Waals surface area contributed by atoms with Crippen LogP contribution in [-0.2, 0) is 32.6 Å². The Balaban J connectivity index is 1.82. The minimum atomic E-state index is -4.25. The number of ether oxygens (including phenoxy) is 1. The number of aryl methyl sites for hydroxylation is 2. The number of anilines is 1. The quantitative estimate of drug-likeness (QED) is 0.141. The normalized spacial score (nSPS) is 11.9. The van der Waals surface area contributed by atoms with Gasteiger partial charge in [-0.25, -0.2) is 8.42 Å². The third-order valence-corrected chi connectivity index (χ3v) is 10.1. The van der Waals surface area contributed by atoms with E-state index in [9.17, 15) is 18.0 Å². The van der Waals surface area contributed by atoms with E-state index in [4.69, 9.17) is 16.3 Å². The second-order valence-corrected chi connectivity index (χ2v) is 13.7. The summed E-state index contributed by atoms with van der Waals surface area (Å²) >= 11 is 6.46. The van der Waals surface area contributed by atoms with Gasteiger partial charge in [0.1, 0.15) is 18.3 Å². The first-order valence-corrected chi connectivity index (χ1v) is 17.5. The summed E-state index contributed by atoms with van der Waals surface area (Å²) in [5.41, 5.74) is 3.74. The van der Waals surface area contributed by atoms with Gasteiger partial charge in [0.25, 0.3) is 10.0 Å². The van der Waals surface area contributed by atoms with Crippen molar-refractivity contribution in [1.82, 2.24) is 10.2 Å². The molecule has 0 aliphatic heterocycles. The lowest BCUT2D eigenvalue weighted by Crippen LogP contribution is -2.53. The second-order valence-electron chi connectivity index (χ2n) is 11.4. The van der Waals surface area contributed by atoms with Gasteiger partial charge in [-0.05, 0) is 67.3 Å². The Morgan fingerprint density at radius 3 is 2.23 bits per heavy atom. The van der Waals surface area contributed by atoms with E-state index in [2.05, 4.69) is 5.32 Å². The summed E-state index contributed by atoms with van der Waals surface area (Å²) in [5.74, 6) is -0.477. The van der Waals surface area contributed by atoms with Crippen molar-refractivity contribution in [2.75, 3.05) is 24.5 Å². The Morgan fingerprint density at radius 2 is 1.60 bits per heavy atom. The molecule has 4 aromatic carbocycles. The molecule has 8 nitrogen and oxygen atoms in total. The van der Waals surface area contributed by atoms with Gasteiger partial charge in [0.15, 0.2) is 0 Å². The maximum Gasteiger partial charge on any atom is 0.264 e. The van der Waals surface area contributed by atoms with Crippen molar-refractivity contribution < 1.29 is 22.7 Å². The number of rotatable bonds is 15. The van der Waals surface area contributed by atoms with Crippen LogP contribution in [0, 0.1) is 13.8 Å². The van der Waals surface area contributed by atoms with Crippen LogP contribution in [0.1, 0.15) is 42.0 Å². The van der Waals surface area contributed by atoms with Crippen LogP contribution in [0.5, 0.6) is 5.75 Å². The first kappa shape index (κ1) is 35.5. The van der Waals surface area contributed by atoms with Crippen LogP contribution in [0.3, 0.4) is 0 Å². The highest BCUT2D eigenvalue weighted by Gasteiger charge is 2.35. The number of sulfonamides is 1. The number of halogens is 1. The Kier molecular flexibility index (Phi) is 12.4. The Bertz CT molecular complexity index is 1760. The number of methoxy groups -OCH3 is 1. The molecule has 0 radical (unpaired) electrons. The van der Waals surface area contributed by atoms with Gasteiger partial charge < -0.3 is 15.0 Å². The van der Waals surface area contributed by atoms with Crippen molar-refractivity contribution >= 4 is 39.1 Å². The van der Waals surface area contributed by atoms with Crippen molar-refractivity contribution in [3.8, 4) is 5.75 Å². The summed E-state index contributed by atoms with van der Waals surface area (Å²) < 4.78 is 34.8. The molecule has 248 valence electrons. The van der Waals surface area contributed by atoms with E-state index in [1.165, 1.54) is 30.2 Å². The zero-order chi connectivity index (χ0) is 34.0. The summed E-state index contributed by atoms with van der Waals surface area (Å²) in [6.07, 6.45) is 1.93. The lowest BCUT2D eigenvalue weighted by molar-refractivity contribution is -0.140. The summed E-state index contributed by atoms with van der Waals surface area (Å²) in [6, 6.07) is 27.2. The van der Waals surface area contributed by atoms with Gasteiger partial charge in [-0.15, -0.1) is 0 Å². The standard InChI is InChI=1S/C37H42ClN3O5S/c1-5-6-22-39-37(43)34(23-29-13-8-7-9-14-29)40(25-30-15-11-10-12-28(30)3)36(42)26-41(31-18-21-35(46-4)33(38)24-31)47(44,45)32-19-16-27(2)17-20-32/h7-21,24,34H,5-6,22-23,25-26H2,1-4H3,(H,39,43). The Hall–Kier alpha value is -4.34. The highest BCUT2D eigenvalue weighted by Crippen LogP contribution is 2.32. The van der Waals surface area contributed by atoms with Crippen LogP contribution in [0.15, 0.2) is 102 Å². The average molecular weight is 676 g/mol. The predicted octanol–water partition coefficient (Wildman–Crippen LogP) is 6.72. The molecule has 0 aliphatic carbocycles. The van der Waals surface area contributed by atoms with E-state index in [0.717, 1.165) is 39.4 Å². The van der Waals surface area contributed by atoms with Crippen LogP contribution < -0.4 is 14.4 Å². The molecule has 1 atom stereocenters. The van der Waals surface area contributed by atoms with Crippen molar-refractivity contribution in [2.45, 2.75) is 57.5 Å². The second kappa shape index (κ2) is 16.5. The number of nitrogens with zero attached hydrogens (tertiary/aromatic N) is 2. The summed E-state index contributed by atoms with van der Waals surface area (Å²) in [4.78, 5) is 30.0. The molecule has 0 fully saturated rings. The number of unbranched alkanes of at least 4 members (excludes halogenated alkanes) is 1. The highest BCUT2D eigenvalue weighted by molar-refractivity contribution is 7.92. The van der Waals surface area contributed by atoms with Crippen LogP contribution >= 0.6 is 11.6 Å². The predicted molar refractivity (Wildman–Crippen MR) is 187 cm³/mol. The molecule has 0 saturated carbocycles. The van der Waals surface area contributed by atoms with E-state index in [1.807, 2.05) is 75.4 Å². The van der Waals surface area contributed by atoms with E-state index < -0.39 is 28.5 Å². The molecule has 0 saturated heterocycles.